The average molecular weight is 482 g/mol. The van der Waals surface area contributed by atoms with Gasteiger partial charge in [0.2, 0.25) is 0 Å². The molecule has 0 spiro atoms. The molecule has 3 aromatic rings. The summed E-state index contributed by atoms with van der Waals surface area (Å²) in [6.07, 6.45) is 3.84. The van der Waals surface area contributed by atoms with Gasteiger partial charge in [-0.1, -0.05) is 19.9 Å². The Morgan fingerprint density at radius 2 is 2.11 bits per heavy atom. The van der Waals surface area contributed by atoms with Crippen molar-refractivity contribution >= 4 is 17.0 Å². The van der Waals surface area contributed by atoms with E-state index >= 15 is 0 Å². The van der Waals surface area contributed by atoms with Crippen LogP contribution < -0.4 is 5.56 Å². The molecule has 0 bridgehead atoms. The lowest BCUT2D eigenvalue weighted by Crippen LogP contribution is -2.28. The Hall–Kier alpha value is -2.97. The standard InChI is InChI=1S/C27H35N3O5/c1-17(2)22(27(33)35-21-9-12-34-16-21)7-5-19-6-8-24-23(14-19)28-25(30(24)10-11-31)20-13-18(3)26(32)29(4)15-20/h6,8,13-15,17,21-22,31H,5,7,9-12,16H2,1-4H3/t21-,22-/m0/s1. The van der Waals surface area contributed by atoms with Gasteiger partial charge in [0.05, 0.1) is 36.8 Å². The zero-order chi connectivity index (χ0) is 25.1. The summed E-state index contributed by atoms with van der Waals surface area (Å²) in [6, 6.07) is 7.97. The van der Waals surface area contributed by atoms with Gasteiger partial charge in [-0.2, -0.15) is 0 Å². The summed E-state index contributed by atoms with van der Waals surface area (Å²) < 4.78 is 14.6. The molecule has 0 aliphatic carbocycles. The van der Waals surface area contributed by atoms with Crippen LogP contribution in [0.3, 0.4) is 0 Å². The Kier molecular flexibility index (Phi) is 7.72. The summed E-state index contributed by atoms with van der Waals surface area (Å²) in [5, 5.41) is 9.67. The van der Waals surface area contributed by atoms with Gasteiger partial charge in [-0.25, -0.2) is 4.98 Å². The molecule has 1 aliphatic rings. The van der Waals surface area contributed by atoms with Crippen LogP contribution in [0.5, 0.6) is 0 Å². The fraction of sp³-hybridized carbons (Fsp3) is 0.519. The normalized spacial score (nSPS) is 16.8. The third-order valence-electron chi connectivity index (χ3n) is 6.78. The largest absolute Gasteiger partial charge is 0.460 e. The van der Waals surface area contributed by atoms with E-state index in [-0.39, 0.29) is 36.1 Å². The molecule has 2 aromatic heterocycles. The predicted molar refractivity (Wildman–Crippen MR) is 134 cm³/mol. The van der Waals surface area contributed by atoms with Crippen molar-refractivity contribution in [1.82, 2.24) is 14.1 Å². The topological polar surface area (TPSA) is 95.6 Å². The first-order valence-corrected chi connectivity index (χ1v) is 12.3. The number of carbonyl (C=O) groups is 1. The molecule has 0 radical (unpaired) electrons. The molecule has 0 amide bonds. The summed E-state index contributed by atoms with van der Waals surface area (Å²) in [5.74, 6) is 0.572. The van der Waals surface area contributed by atoms with E-state index in [9.17, 15) is 14.7 Å². The van der Waals surface area contributed by atoms with Crippen molar-refractivity contribution in [2.45, 2.75) is 52.7 Å². The highest BCUT2D eigenvalue weighted by atomic mass is 16.6. The van der Waals surface area contributed by atoms with Crippen molar-refractivity contribution in [2.75, 3.05) is 19.8 Å². The summed E-state index contributed by atoms with van der Waals surface area (Å²) in [5.41, 5.74) is 4.27. The minimum absolute atomic E-state index is 0.0187. The summed E-state index contributed by atoms with van der Waals surface area (Å²) in [4.78, 5) is 29.8. The zero-order valence-corrected chi connectivity index (χ0v) is 21.0. The Morgan fingerprint density at radius 1 is 1.31 bits per heavy atom. The van der Waals surface area contributed by atoms with Gasteiger partial charge in [-0.3, -0.25) is 9.59 Å². The number of nitrogens with zero attached hydrogens (tertiary/aromatic N) is 3. The predicted octanol–water partition coefficient (Wildman–Crippen LogP) is 3.24. The molecule has 1 saturated heterocycles. The maximum Gasteiger partial charge on any atom is 0.309 e. The highest BCUT2D eigenvalue weighted by Crippen LogP contribution is 2.27. The van der Waals surface area contributed by atoms with E-state index in [1.807, 2.05) is 16.7 Å². The first kappa shape index (κ1) is 25.1. The Balaban J connectivity index is 1.58. The number of aromatic nitrogens is 3. The van der Waals surface area contributed by atoms with Crippen LogP contribution in [0.2, 0.25) is 0 Å². The molecule has 188 valence electrons. The molecule has 0 unspecified atom stereocenters. The molecule has 1 aromatic carbocycles. The first-order valence-electron chi connectivity index (χ1n) is 12.3. The number of ether oxygens (including phenoxy) is 2. The molecule has 2 atom stereocenters. The lowest BCUT2D eigenvalue weighted by atomic mass is 9.89. The second-order valence-electron chi connectivity index (χ2n) is 9.77. The third-order valence-corrected chi connectivity index (χ3v) is 6.78. The van der Waals surface area contributed by atoms with Gasteiger partial charge < -0.3 is 23.7 Å². The zero-order valence-electron chi connectivity index (χ0n) is 21.0. The van der Waals surface area contributed by atoms with E-state index in [1.54, 1.807) is 24.7 Å². The molecule has 3 heterocycles. The van der Waals surface area contributed by atoms with Gasteiger partial charge in [0.15, 0.2) is 0 Å². The van der Waals surface area contributed by atoms with Gasteiger partial charge in [0.1, 0.15) is 11.9 Å². The number of hydrogen-bond donors (Lipinski definition) is 1. The van der Waals surface area contributed by atoms with Gasteiger partial charge in [-0.05, 0) is 49.4 Å². The minimum Gasteiger partial charge on any atom is -0.460 e. The van der Waals surface area contributed by atoms with Crippen LogP contribution in [-0.2, 0) is 34.3 Å². The monoisotopic (exact) mass is 481 g/mol. The Morgan fingerprint density at radius 3 is 2.77 bits per heavy atom. The van der Waals surface area contributed by atoms with Gasteiger partial charge in [0.25, 0.3) is 5.56 Å². The Bertz CT molecular complexity index is 1230. The van der Waals surface area contributed by atoms with Crippen LogP contribution >= 0.6 is 0 Å². The number of esters is 1. The van der Waals surface area contributed by atoms with E-state index in [0.29, 0.717) is 37.6 Å². The number of fused-ring (bicyclic) bond motifs is 1. The highest BCUT2D eigenvalue weighted by Gasteiger charge is 2.28. The van der Waals surface area contributed by atoms with Crippen LogP contribution in [-0.4, -0.2) is 51.1 Å². The van der Waals surface area contributed by atoms with Crippen molar-refractivity contribution in [1.29, 1.82) is 0 Å². The first-order chi connectivity index (χ1) is 16.8. The quantitative estimate of drug-likeness (QED) is 0.472. The average Bonchev–Trinajstić information content (AvgIpc) is 3.45. The van der Waals surface area contributed by atoms with Crippen molar-refractivity contribution in [3.8, 4) is 11.4 Å². The van der Waals surface area contributed by atoms with Gasteiger partial charge >= 0.3 is 5.97 Å². The van der Waals surface area contributed by atoms with Crippen LogP contribution in [0.1, 0.15) is 37.8 Å². The fourth-order valence-electron chi connectivity index (χ4n) is 4.78. The Labute approximate surface area is 205 Å². The number of pyridine rings is 1. The molecular weight excluding hydrogens is 446 g/mol. The molecule has 1 aliphatic heterocycles. The summed E-state index contributed by atoms with van der Waals surface area (Å²) in [7, 11) is 1.73. The molecule has 8 heteroatoms. The second kappa shape index (κ2) is 10.7. The van der Waals surface area contributed by atoms with E-state index in [0.717, 1.165) is 35.0 Å². The molecule has 1 fully saturated rings. The summed E-state index contributed by atoms with van der Waals surface area (Å²) in [6.45, 7) is 7.42. The van der Waals surface area contributed by atoms with Crippen molar-refractivity contribution in [3.63, 3.8) is 0 Å². The van der Waals surface area contributed by atoms with Crippen molar-refractivity contribution < 1.29 is 19.4 Å². The van der Waals surface area contributed by atoms with Crippen LogP contribution in [0.15, 0.2) is 35.3 Å². The fourth-order valence-corrected chi connectivity index (χ4v) is 4.78. The highest BCUT2D eigenvalue weighted by molar-refractivity contribution is 5.81. The lowest BCUT2D eigenvalue weighted by molar-refractivity contribution is -0.155. The molecule has 8 nitrogen and oxygen atoms in total. The van der Waals surface area contributed by atoms with Crippen molar-refractivity contribution in [3.05, 3.63) is 51.9 Å². The lowest BCUT2D eigenvalue weighted by Gasteiger charge is -2.21. The molecule has 1 N–H and O–H groups in total. The third kappa shape index (κ3) is 5.49. The molecular formula is C27H35N3O5. The number of benzene rings is 1. The number of imidazole rings is 1. The maximum absolute atomic E-state index is 12.8. The van der Waals surface area contributed by atoms with Crippen LogP contribution in [0.4, 0.5) is 0 Å². The van der Waals surface area contributed by atoms with E-state index in [4.69, 9.17) is 14.5 Å². The van der Waals surface area contributed by atoms with E-state index in [2.05, 4.69) is 26.0 Å². The van der Waals surface area contributed by atoms with Crippen LogP contribution in [0, 0.1) is 18.8 Å². The molecule has 35 heavy (non-hydrogen) atoms. The van der Waals surface area contributed by atoms with E-state index < -0.39 is 0 Å². The minimum atomic E-state index is -0.178. The molecule has 0 saturated carbocycles. The number of carbonyl (C=O) groups excluding carboxylic acids is 1. The molecule has 4 rings (SSSR count). The summed E-state index contributed by atoms with van der Waals surface area (Å²) >= 11 is 0. The maximum atomic E-state index is 12.8. The SMILES string of the molecule is Cc1cc(-c2nc3cc(CC[C@H](C(=O)O[C@H]4CCOC4)C(C)C)ccc3n2CCO)cn(C)c1=O. The van der Waals surface area contributed by atoms with Crippen LogP contribution in [0.25, 0.3) is 22.4 Å². The van der Waals surface area contributed by atoms with Crippen molar-refractivity contribution in [2.24, 2.45) is 18.9 Å². The number of aryl methyl sites for hydroxylation is 3. The van der Waals surface area contributed by atoms with Gasteiger partial charge in [-0.15, -0.1) is 0 Å². The van der Waals surface area contributed by atoms with Gasteiger partial charge in [0, 0.05) is 37.3 Å². The number of rotatable bonds is 9. The smallest absolute Gasteiger partial charge is 0.309 e. The number of aliphatic hydroxyl groups is 1. The number of hydrogen-bond acceptors (Lipinski definition) is 6. The van der Waals surface area contributed by atoms with E-state index in [1.165, 1.54) is 0 Å². The number of aliphatic hydroxyl groups excluding tert-OH is 1. The second-order valence-corrected chi connectivity index (χ2v) is 9.77.